The molecule has 0 aromatic heterocycles. The minimum atomic E-state index is -1.28. The first-order chi connectivity index (χ1) is 5.88. The Kier molecular flexibility index (Phi) is 2.41. The SMILES string of the molecule is C[Si](C)(C)OCC1C[C@]2(Br)C[C@@H]1C2. The van der Waals surface area contributed by atoms with Gasteiger partial charge in [0, 0.05) is 10.9 Å². The first kappa shape index (κ1) is 10.2. The van der Waals surface area contributed by atoms with Crippen LogP contribution in [0.3, 0.4) is 0 Å². The Hall–Kier alpha value is 0.657. The van der Waals surface area contributed by atoms with E-state index in [1.165, 1.54) is 19.3 Å². The maximum atomic E-state index is 5.97. The van der Waals surface area contributed by atoms with Gasteiger partial charge in [0.25, 0.3) is 0 Å². The third kappa shape index (κ3) is 2.18. The fourth-order valence-electron chi connectivity index (χ4n) is 2.57. The van der Waals surface area contributed by atoms with Crippen molar-refractivity contribution in [1.82, 2.24) is 0 Å². The highest BCUT2D eigenvalue weighted by atomic mass is 79.9. The molecule has 0 radical (unpaired) electrons. The average Bonchev–Trinajstić information content (AvgIpc) is 2.34. The normalized spacial score (nSPS) is 43.4. The number of rotatable bonds is 3. The Balaban J connectivity index is 1.79. The topological polar surface area (TPSA) is 9.23 Å². The smallest absolute Gasteiger partial charge is 0.183 e. The number of fused-ring (bicyclic) bond motifs is 1. The average molecular weight is 263 g/mol. The van der Waals surface area contributed by atoms with Gasteiger partial charge in [-0.1, -0.05) is 15.9 Å². The van der Waals surface area contributed by atoms with Gasteiger partial charge in [0.05, 0.1) is 0 Å². The van der Waals surface area contributed by atoms with E-state index in [-0.39, 0.29) is 0 Å². The molecule has 0 heterocycles. The Morgan fingerprint density at radius 1 is 1.31 bits per heavy atom. The fraction of sp³-hybridized carbons (Fsp3) is 1.00. The van der Waals surface area contributed by atoms with E-state index in [0.717, 1.165) is 18.4 Å². The molecule has 3 aliphatic carbocycles. The summed E-state index contributed by atoms with van der Waals surface area (Å²) >= 11 is 3.83. The predicted octanol–water partition coefficient (Wildman–Crippen LogP) is 3.40. The van der Waals surface area contributed by atoms with Crippen LogP contribution in [0.2, 0.25) is 19.6 Å². The van der Waals surface area contributed by atoms with Gasteiger partial charge < -0.3 is 4.43 Å². The quantitative estimate of drug-likeness (QED) is 0.560. The van der Waals surface area contributed by atoms with Crippen LogP contribution in [0.5, 0.6) is 0 Å². The maximum Gasteiger partial charge on any atom is 0.183 e. The van der Waals surface area contributed by atoms with Crippen molar-refractivity contribution in [1.29, 1.82) is 0 Å². The summed E-state index contributed by atoms with van der Waals surface area (Å²) in [4.78, 5) is 0. The van der Waals surface area contributed by atoms with Crippen LogP contribution in [-0.4, -0.2) is 19.2 Å². The van der Waals surface area contributed by atoms with Gasteiger partial charge in [0.1, 0.15) is 0 Å². The van der Waals surface area contributed by atoms with Crippen LogP contribution in [0.4, 0.5) is 0 Å². The van der Waals surface area contributed by atoms with Gasteiger partial charge in [-0.25, -0.2) is 0 Å². The standard InChI is InChI=1S/C10H19BrOSi/c1-13(2,3)12-7-9-6-10(11)4-8(9)5-10/h8-9H,4-7H2,1-3H3/t8-,9?,10+. The zero-order valence-electron chi connectivity index (χ0n) is 8.77. The lowest BCUT2D eigenvalue weighted by atomic mass is 9.82. The van der Waals surface area contributed by atoms with Crippen LogP contribution < -0.4 is 0 Å². The van der Waals surface area contributed by atoms with Crippen LogP contribution in [0.15, 0.2) is 0 Å². The molecule has 1 nitrogen and oxygen atoms in total. The largest absolute Gasteiger partial charge is 0.417 e. The third-order valence-corrected chi connectivity index (χ3v) is 5.29. The number of hydrogen-bond acceptors (Lipinski definition) is 1. The van der Waals surface area contributed by atoms with Crippen molar-refractivity contribution in [3.8, 4) is 0 Å². The van der Waals surface area contributed by atoms with Gasteiger partial charge in [0.15, 0.2) is 8.32 Å². The molecule has 0 amide bonds. The van der Waals surface area contributed by atoms with E-state index in [1.807, 2.05) is 0 Å². The molecule has 3 heteroatoms. The summed E-state index contributed by atoms with van der Waals surface area (Å²) in [6.07, 6.45) is 4.14. The van der Waals surface area contributed by atoms with Gasteiger partial charge in [-0.3, -0.25) is 0 Å². The number of hydrogen-bond donors (Lipinski definition) is 0. The summed E-state index contributed by atoms with van der Waals surface area (Å²) in [6, 6.07) is 0. The van der Waals surface area contributed by atoms with E-state index in [4.69, 9.17) is 4.43 Å². The summed E-state index contributed by atoms with van der Waals surface area (Å²) in [5, 5.41) is 0. The summed E-state index contributed by atoms with van der Waals surface area (Å²) in [5.41, 5.74) is 0. The maximum absolute atomic E-state index is 5.97. The Labute approximate surface area is 90.5 Å². The van der Waals surface area contributed by atoms with E-state index < -0.39 is 8.32 Å². The van der Waals surface area contributed by atoms with Gasteiger partial charge >= 0.3 is 0 Å². The Morgan fingerprint density at radius 3 is 2.31 bits per heavy atom. The molecular weight excluding hydrogens is 244 g/mol. The molecule has 0 aromatic rings. The van der Waals surface area contributed by atoms with Crippen molar-refractivity contribution < 1.29 is 4.43 Å². The second kappa shape index (κ2) is 3.07. The molecule has 13 heavy (non-hydrogen) atoms. The zero-order valence-corrected chi connectivity index (χ0v) is 11.4. The second-order valence-electron chi connectivity index (χ2n) is 5.71. The Bertz CT molecular complexity index is 205. The molecule has 3 rings (SSSR count). The number of alkyl halides is 1. The van der Waals surface area contributed by atoms with Crippen molar-refractivity contribution in [2.75, 3.05) is 6.61 Å². The van der Waals surface area contributed by atoms with Gasteiger partial charge in [-0.2, -0.15) is 0 Å². The molecule has 3 saturated carbocycles. The van der Waals surface area contributed by atoms with E-state index in [9.17, 15) is 0 Å². The first-order valence-corrected chi connectivity index (χ1v) is 9.41. The van der Waals surface area contributed by atoms with Gasteiger partial charge in [-0.05, 0) is 50.7 Å². The molecule has 1 unspecified atom stereocenters. The molecule has 1 atom stereocenters. The van der Waals surface area contributed by atoms with Crippen molar-refractivity contribution >= 4 is 24.2 Å². The molecule has 0 N–H and O–H groups in total. The lowest BCUT2D eigenvalue weighted by Gasteiger charge is -2.33. The molecule has 0 aromatic carbocycles. The number of halogens is 1. The van der Waals surface area contributed by atoms with E-state index in [2.05, 4.69) is 35.6 Å². The highest BCUT2D eigenvalue weighted by molar-refractivity contribution is 9.10. The van der Waals surface area contributed by atoms with Crippen LogP contribution in [0.1, 0.15) is 19.3 Å². The minimum Gasteiger partial charge on any atom is -0.417 e. The Morgan fingerprint density at radius 2 is 1.92 bits per heavy atom. The molecule has 0 saturated heterocycles. The summed E-state index contributed by atoms with van der Waals surface area (Å²) in [7, 11) is -1.28. The molecule has 3 aliphatic rings. The fourth-order valence-corrected chi connectivity index (χ4v) is 4.53. The molecule has 3 fully saturated rings. The third-order valence-electron chi connectivity index (χ3n) is 3.28. The van der Waals surface area contributed by atoms with Crippen molar-refractivity contribution in [2.45, 2.75) is 43.2 Å². The molecule has 76 valence electrons. The van der Waals surface area contributed by atoms with Crippen molar-refractivity contribution in [3.63, 3.8) is 0 Å². The minimum absolute atomic E-state index is 0.533. The van der Waals surface area contributed by atoms with Gasteiger partial charge in [-0.15, -0.1) is 0 Å². The van der Waals surface area contributed by atoms with Crippen LogP contribution >= 0.6 is 15.9 Å². The first-order valence-electron chi connectivity index (χ1n) is 5.21. The van der Waals surface area contributed by atoms with E-state index in [0.29, 0.717) is 4.32 Å². The molecule has 2 bridgehead atoms. The molecular formula is C10H19BrOSi. The van der Waals surface area contributed by atoms with Gasteiger partial charge in [0.2, 0.25) is 0 Å². The molecule has 0 aliphatic heterocycles. The zero-order chi connectivity index (χ0) is 9.69. The van der Waals surface area contributed by atoms with E-state index >= 15 is 0 Å². The summed E-state index contributed by atoms with van der Waals surface area (Å²) in [5.74, 6) is 1.82. The molecule has 0 spiro atoms. The van der Waals surface area contributed by atoms with Crippen LogP contribution in [0, 0.1) is 11.8 Å². The van der Waals surface area contributed by atoms with Crippen molar-refractivity contribution in [3.05, 3.63) is 0 Å². The van der Waals surface area contributed by atoms with Crippen LogP contribution in [0.25, 0.3) is 0 Å². The predicted molar refractivity (Wildman–Crippen MR) is 61.8 cm³/mol. The highest BCUT2D eigenvalue weighted by Gasteiger charge is 2.54. The highest BCUT2D eigenvalue weighted by Crippen LogP contribution is 2.60. The monoisotopic (exact) mass is 262 g/mol. The lowest BCUT2D eigenvalue weighted by molar-refractivity contribution is 0.204. The second-order valence-corrected chi connectivity index (χ2v) is 11.9. The summed E-state index contributed by atoms with van der Waals surface area (Å²) in [6.45, 7) is 7.84. The summed E-state index contributed by atoms with van der Waals surface area (Å²) < 4.78 is 6.51. The van der Waals surface area contributed by atoms with Crippen LogP contribution in [-0.2, 0) is 4.43 Å². The van der Waals surface area contributed by atoms with E-state index in [1.54, 1.807) is 0 Å². The van der Waals surface area contributed by atoms with Crippen molar-refractivity contribution in [2.24, 2.45) is 11.8 Å². The lowest BCUT2D eigenvalue weighted by Crippen LogP contribution is -2.30.